The van der Waals surface area contributed by atoms with Gasteiger partial charge in [-0.25, -0.2) is 8.42 Å². The molecule has 1 N–H and O–H groups in total. The first-order valence-corrected chi connectivity index (χ1v) is 5.95. The highest BCUT2D eigenvalue weighted by Gasteiger charge is 2.40. The Morgan fingerprint density at radius 3 is 2.60 bits per heavy atom. The molecule has 4 nitrogen and oxygen atoms in total. The largest absolute Gasteiger partial charge is 0.435 e. The highest BCUT2D eigenvalue weighted by atomic mass is 32.2. The molecule has 15 heavy (non-hydrogen) atoms. The van der Waals surface area contributed by atoms with Crippen molar-refractivity contribution >= 4 is 9.84 Å². The Balaban J connectivity index is 2.52. The lowest BCUT2D eigenvalue weighted by Crippen LogP contribution is -2.20. The summed E-state index contributed by atoms with van der Waals surface area (Å²) in [5, 5.41) is 5.36. The summed E-state index contributed by atoms with van der Waals surface area (Å²) in [6, 6.07) is 0. The number of hydrogen-bond donors (Lipinski definition) is 1. The molecule has 1 aromatic heterocycles. The standard InChI is InChI=1S/C7H7F3N2O2S/c8-7(9,10)6-4-3-15(13,14)2-1-5(4)11-12-6/h1-3H2,(H,11,12). The number of halogens is 3. The van der Waals surface area contributed by atoms with Crippen LogP contribution in [0.4, 0.5) is 13.2 Å². The van der Waals surface area contributed by atoms with E-state index >= 15 is 0 Å². The average Bonchev–Trinajstić information content (AvgIpc) is 2.43. The van der Waals surface area contributed by atoms with Crippen LogP contribution >= 0.6 is 0 Å². The zero-order valence-corrected chi connectivity index (χ0v) is 8.24. The fourth-order valence-corrected chi connectivity index (χ4v) is 2.96. The Bertz CT molecular complexity index is 489. The molecule has 0 bridgehead atoms. The molecule has 0 aliphatic carbocycles. The maximum atomic E-state index is 12.4. The average molecular weight is 240 g/mol. The first kappa shape index (κ1) is 10.5. The normalized spacial score (nSPS) is 19.9. The monoisotopic (exact) mass is 240 g/mol. The molecule has 1 aromatic rings. The fraction of sp³-hybridized carbons (Fsp3) is 0.571. The predicted octanol–water partition coefficient (Wildman–Crippen LogP) is 0.899. The maximum Gasteiger partial charge on any atom is 0.435 e. The summed E-state index contributed by atoms with van der Waals surface area (Å²) in [5.41, 5.74) is -1.06. The minimum Gasteiger partial charge on any atom is -0.282 e. The molecule has 2 heterocycles. The molecule has 1 aliphatic rings. The van der Waals surface area contributed by atoms with Gasteiger partial charge < -0.3 is 0 Å². The number of sulfone groups is 1. The molecule has 0 saturated heterocycles. The van der Waals surface area contributed by atoms with Gasteiger partial charge in [0.15, 0.2) is 15.5 Å². The van der Waals surface area contributed by atoms with Crippen molar-refractivity contribution in [2.24, 2.45) is 0 Å². The van der Waals surface area contributed by atoms with E-state index < -0.39 is 27.5 Å². The van der Waals surface area contributed by atoms with Gasteiger partial charge in [-0.05, 0) is 0 Å². The second-order valence-corrected chi connectivity index (χ2v) is 5.55. The maximum absolute atomic E-state index is 12.4. The molecule has 2 rings (SSSR count). The van der Waals surface area contributed by atoms with E-state index in [1.807, 2.05) is 0 Å². The summed E-state index contributed by atoms with van der Waals surface area (Å²) >= 11 is 0. The van der Waals surface area contributed by atoms with Crippen molar-refractivity contribution < 1.29 is 21.6 Å². The van der Waals surface area contributed by atoms with Gasteiger partial charge in [0.25, 0.3) is 0 Å². The molecular weight excluding hydrogens is 233 g/mol. The quantitative estimate of drug-likeness (QED) is 0.732. The van der Waals surface area contributed by atoms with E-state index in [-0.39, 0.29) is 23.4 Å². The summed E-state index contributed by atoms with van der Waals surface area (Å²) < 4.78 is 59.5. The van der Waals surface area contributed by atoms with Gasteiger partial charge in [-0.15, -0.1) is 0 Å². The molecule has 0 unspecified atom stereocenters. The van der Waals surface area contributed by atoms with Crippen LogP contribution in [0.1, 0.15) is 17.0 Å². The van der Waals surface area contributed by atoms with Gasteiger partial charge in [-0.1, -0.05) is 0 Å². The number of nitrogens with one attached hydrogen (secondary N) is 1. The molecular formula is C7H7F3N2O2S. The molecule has 0 atom stereocenters. The molecule has 0 fully saturated rings. The van der Waals surface area contributed by atoms with E-state index in [2.05, 4.69) is 10.2 Å². The Morgan fingerprint density at radius 2 is 2.00 bits per heavy atom. The molecule has 0 amide bonds. The van der Waals surface area contributed by atoms with Crippen LogP contribution in [-0.2, 0) is 28.2 Å². The van der Waals surface area contributed by atoms with E-state index in [1.54, 1.807) is 0 Å². The third-order valence-electron chi connectivity index (χ3n) is 2.25. The molecule has 0 aromatic carbocycles. The van der Waals surface area contributed by atoms with Crippen molar-refractivity contribution in [3.63, 3.8) is 0 Å². The predicted molar refractivity (Wildman–Crippen MR) is 44.8 cm³/mol. The van der Waals surface area contributed by atoms with E-state index in [0.29, 0.717) is 0 Å². The van der Waals surface area contributed by atoms with Gasteiger partial charge in [-0.2, -0.15) is 18.3 Å². The van der Waals surface area contributed by atoms with Crippen LogP contribution in [-0.4, -0.2) is 24.4 Å². The zero-order chi connectivity index (χ0) is 11.3. The van der Waals surface area contributed by atoms with Crippen LogP contribution in [0.5, 0.6) is 0 Å². The van der Waals surface area contributed by atoms with E-state index in [4.69, 9.17) is 0 Å². The second-order valence-electron chi connectivity index (χ2n) is 3.37. The van der Waals surface area contributed by atoms with Crippen LogP contribution in [0.2, 0.25) is 0 Å². The molecule has 0 radical (unpaired) electrons. The summed E-state index contributed by atoms with van der Waals surface area (Å²) in [6.07, 6.45) is -4.53. The van der Waals surface area contributed by atoms with Crippen molar-refractivity contribution in [1.29, 1.82) is 0 Å². The number of fused-ring (bicyclic) bond motifs is 1. The number of hydrogen-bond acceptors (Lipinski definition) is 3. The second kappa shape index (κ2) is 2.97. The Kier molecular flexibility index (Phi) is 2.07. The molecule has 84 valence electrons. The van der Waals surface area contributed by atoms with Crippen molar-refractivity contribution in [1.82, 2.24) is 10.2 Å². The van der Waals surface area contributed by atoms with Crippen molar-refractivity contribution in [2.45, 2.75) is 18.3 Å². The SMILES string of the molecule is O=S1(=O)CCc2[nH]nc(C(F)(F)F)c2C1. The van der Waals surface area contributed by atoms with Gasteiger partial charge >= 0.3 is 6.18 Å². The van der Waals surface area contributed by atoms with Gasteiger partial charge in [0, 0.05) is 17.7 Å². The number of nitrogens with zero attached hydrogens (tertiary/aromatic N) is 1. The van der Waals surface area contributed by atoms with Crippen molar-refractivity contribution in [2.75, 3.05) is 5.75 Å². The Labute approximate surface area is 83.4 Å². The van der Waals surface area contributed by atoms with Gasteiger partial charge in [0.1, 0.15) is 0 Å². The Hall–Kier alpha value is -1.05. The zero-order valence-electron chi connectivity index (χ0n) is 7.43. The molecule has 0 saturated carbocycles. The van der Waals surface area contributed by atoms with Gasteiger partial charge in [-0.3, -0.25) is 5.10 Å². The minimum atomic E-state index is -4.60. The van der Waals surface area contributed by atoms with E-state index in [0.717, 1.165) is 0 Å². The first-order valence-electron chi connectivity index (χ1n) is 4.13. The third-order valence-corrected chi connectivity index (χ3v) is 3.80. The summed E-state index contributed by atoms with van der Waals surface area (Å²) in [7, 11) is -3.41. The summed E-state index contributed by atoms with van der Waals surface area (Å²) in [6.45, 7) is 0. The minimum absolute atomic E-state index is 0.0702. The van der Waals surface area contributed by atoms with Crippen LogP contribution in [0, 0.1) is 0 Å². The van der Waals surface area contributed by atoms with Crippen LogP contribution in [0.25, 0.3) is 0 Å². The highest BCUT2D eigenvalue weighted by Crippen LogP contribution is 2.34. The smallest absolute Gasteiger partial charge is 0.282 e. The molecule has 0 spiro atoms. The lowest BCUT2D eigenvalue weighted by Gasteiger charge is -2.13. The number of aromatic nitrogens is 2. The highest BCUT2D eigenvalue weighted by molar-refractivity contribution is 7.90. The Morgan fingerprint density at radius 1 is 1.33 bits per heavy atom. The molecule has 1 aliphatic heterocycles. The number of rotatable bonds is 0. The number of H-pyrrole nitrogens is 1. The third kappa shape index (κ3) is 1.85. The topological polar surface area (TPSA) is 62.8 Å². The lowest BCUT2D eigenvalue weighted by molar-refractivity contribution is -0.141. The number of alkyl halides is 3. The number of aromatic amines is 1. The van der Waals surface area contributed by atoms with Crippen LogP contribution in [0.15, 0.2) is 0 Å². The van der Waals surface area contributed by atoms with Crippen LogP contribution in [0.3, 0.4) is 0 Å². The van der Waals surface area contributed by atoms with Gasteiger partial charge in [0.2, 0.25) is 0 Å². The van der Waals surface area contributed by atoms with Crippen molar-refractivity contribution in [3.8, 4) is 0 Å². The van der Waals surface area contributed by atoms with Crippen LogP contribution < -0.4 is 0 Å². The van der Waals surface area contributed by atoms with E-state index in [1.165, 1.54) is 0 Å². The van der Waals surface area contributed by atoms with Gasteiger partial charge in [0.05, 0.1) is 11.5 Å². The van der Waals surface area contributed by atoms with Crippen molar-refractivity contribution in [3.05, 3.63) is 17.0 Å². The van der Waals surface area contributed by atoms with E-state index in [9.17, 15) is 21.6 Å². The molecule has 8 heteroatoms. The lowest BCUT2D eigenvalue weighted by atomic mass is 10.1. The first-order chi connectivity index (χ1) is 6.80. The number of aryl methyl sites for hydroxylation is 1. The summed E-state index contributed by atoms with van der Waals surface area (Å²) in [5.74, 6) is -0.701. The summed E-state index contributed by atoms with van der Waals surface area (Å²) in [4.78, 5) is 0. The fourth-order valence-electron chi connectivity index (χ4n) is 1.55.